The highest BCUT2D eigenvalue weighted by molar-refractivity contribution is 6.42. The number of hydrogen-bond acceptors (Lipinski definition) is 7. The molecule has 2 N–H and O–H groups in total. The van der Waals surface area contributed by atoms with Crippen molar-refractivity contribution in [3.8, 4) is 5.88 Å². The van der Waals surface area contributed by atoms with Crippen molar-refractivity contribution in [1.29, 1.82) is 0 Å². The first-order valence-electron chi connectivity index (χ1n) is 10.9. The van der Waals surface area contributed by atoms with Crippen molar-refractivity contribution < 1.29 is 28.3 Å². The van der Waals surface area contributed by atoms with E-state index in [0.717, 1.165) is 4.90 Å². The fourth-order valence-electron chi connectivity index (χ4n) is 3.37. The number of halogens is 3. The van der Waals surface area contributed by atoms with Crippen molar-refractivity contribution in [3.05, 3.63) is 81.0 Å². The molecule has 10 nitrogen and oxygen atoms in total. The molecule has 0 aliphatic heterocycles. The van der Waals surface area contributed by atoms with Crippen LogP contribution in [0.3, 0.4) is 0 Å². The van der Waals surface area contributed by atoms with Crippen molar-refractivity contribution in [2.24, 2.45) is 5.73 Å². The van der Waals surface area contributed by atoms with Crippen molar-refractivity contribution in [1.82, 2.24) is 14.9 Å². The number of ether oxygens (including phenoxy) is 1. The van der Waals surface area contributed by atoms with Crippen LogP contribution in [0.4, 0.5) is 10.1 Å². The Balaban J connectivity index is 2.10. The summed E-state index contributed by atoms with van der Waals surface area (Å²) in [6, 6.07) is 7.95. The van der Waals surface area contributed by atoms with E-state index in [0.29, 0.717) is 0 Å². The van der Waals surface area contributed by atoms with Gasteiger partial charge in [-0.3, -0.25) is 19.2 Å². The average molecular weight is 562 g/mol. The van der Waals surface area contributed by atoms with Gasteiger partial charge in [0.25, 0.3) is 5.91 Å². The maximum Gasteiger partial charge on any atom is 0.253 e. The lowest BCUT2D eigenvalue weighted by molar-refractivity contribution is -0.117. The maximum atomic E-state index is 14.9. The van der Waals surface area contributed by atoms with E-state index in [1.807, 2.05) is 0 Å². The lowest BCUT2D eigenvalue weighted by Gasteiger charge is -2.25. The van der Waals surface area contributed by atoms with Crippen molar-refractivity contribution >= 4 is 52.4 Å². The van der Waals surface area contributed by atoms with Gasteiger partial charge in [-0.1, -0.05) is 29.3 Å². The summed E-state index contributed by atoms with van der Waals surface area (Å²) >= 11 is 11.8. The first-order chi connectivity index (χ1) is 17.9. The number of hydrogen-bond donors (Lipinski definition) is 1. The molecule has 3 rings (SSSR count). The number of aromatic nitrogens is 2. The zero-order valence-electron chi connectivity index (χ0n) is 20.5. The summed E-state index contributed by atoms with van der Waals surface area (Å²) in [5.41, 5.74) is 5.39. The quantitative estimate of drug-likeness (QED) is 0.239. The largest absolute Gasteiger partial charge is 0.481 e. The Morgan fingerprint density at radius 3 is 2.37 bits per heavy atom. The van der Waals surface area contributed by atoms with Crippen molar-refractivity contribution in [2.45, 2.75) is 13.0 Å². The molecule has 198 valence electrons. The number of rotatable bonds is 9. The minimum absolute atomic E-state index is 0.0151. The summed E-state index contributed by atoms with van der Waals surface area (Å²) in [5.74, 6) is -3.94. The predicted molar refractivity (Wildman–Crippen MR) is 138 cm³/mol. The van der Waals surface area contributed by atoms with E-state index in [1.54, 1.807) is 0 Å². The van der Waals surface area contributed by atoms with E-state index in [-0.39, 0.29) is 44.1 Å². The van der Waals surface area contributed by atoms with Gasteiger partial charge < -0.3 is 20.3 Å². The van der Waals surface area contributed by atoms with E-state index < -0.39 is 42.3 Å². The molecule has 0 radical (unpaired) electrons. The number of primary amides is 1. The fourth-order valence-corrected chi connectivity index (χ4v) is 3.71. The second-order valence-corrected chi connectivity index (χ2v) is 8.95. The molecule has 0 bridgehead atoms. The molecule has 1 aromatic heterocycles. The van der Waals surface area contributed by atoms with E-state index in [9.17, 15) is 23.6 Å². The minimum Gasteiger partial charge on any atom is -0.481 e. The third kappa shape index (κ3) is 6.42. The first-order valence-corrected chi connectivity index (χ1v) is 11.7. The first kappa shape index (κ1) is 28.5. The molecular weight excluding hydrogens is 540 g/mol. The van der Waals surface area contributed by atoms with Gasteiger partial charge in [0.2, 0.25) is 23.5 Å². The molecule has 13 heteroatoms. The van der Waals surface area contributed by atoms with Crippen LogP contribution >= 0.6 is 23.2 Å². The molecular formula is C25H22Cl2FN5O5. The van der Waals surface area contributed by atoms with Gasteiger partial charge in [0.05, 0.1) is 30.1 Å². The van der Waals surface area contributed by atoms with Gasteiger partial charge in [-0.25, -0.2) is 9.37 Å². The van der Waals surface area contributed by atoms with Crippen LogP contribution in [0.5, 0.6) is 5.88 Å². The molecule has 0 aliphatic carbocycles. The molecule has 3 aromatic rings. The van der Waals surface area contributed by atoms with Gasteiger partial charge in [-0.2, -0.15) is 4.98 Å². The third-order valence-corrected chi connectivity index (χ3v) is 6.09. The van der Waals surface area contributed by atoms with Gasteiger partial charge in [0, 0.05) is 48.7 Å². The SMILES string of the molecule is COc1ccnc(C(=O)CC(=O)N(Cc2ccc(Cl)c(Cl)c2F)c2cc(C(N)=O)cc(C(=O)N(C)C)c2)n1. The van der Waals surface area contributed by atoms with Crippen LogP contribution in [0.15, 0.2) is 42.6 Å². The van der Waals surface area contributed by atoms with Gasteiger partial charge in [-0.05, 0) is 24.3 Å². The number of nitrogens with zero attached hydrogens (tertiary/aromatic N) is 4. The standard InChI is InChI=1S/C25H22Cl2FN5O5/c1-32(2)25(37)15-8-14(23(29)36)9-16(10-15)33(12-13-4-5-17(26)21(27)22(13)28)20(35)11-18(34)24-30-7-6-19(31-24)38-3/h4-10H,11-12H2,1-3H3,(H2,29,36). The monoisotopic (exact) mass is 561 g/mol. The molecule has 1 heterocycles. The summed E-state index contributed by atoms with van der Waals surface area (Å²) in [7, 11) is 4.35. The number of methoxy groups -OCH3 is 1. The van der Waals surface area contributed by atoms with Crippen LogP contribution in [0.1, 0.15) is 43.3 Å². The molecule has 0 saturated heterocycles. The lowest BCUT2D eigenvalue weighted by atomic mass is 10.1. The highest BCUT2D eigenvalue weighted by atomic mass is 35.5. The topological polar surface area (TPSA) is 136 Å². The van der Waals surface area contributed by atoms with Gasteiger partial charge >= 0.3 is 0 Å². The number of ketones is 1. The van der Waals surface area contributed by atoms with E-state index in [2.05, 4.69) is 9.97 Å². The van der Waals surface area contributed by atoms with E-state index >= 15 is 0 Å². The summed E-state index contributed by atoms with van der Waals surface area (Å²) in [4.78, 5) is 61.1. The zero-order valence-corrected chi connectivity index (χ0v) is 22.0. The molecule has 0 spiro atoms. The Morgan fingerprint density at radius 1 is 1.05 bits per heavy atom. The number of anilines is 1. The normalized spacial score (nSPS) is 10.6. The summed E-state index contributed by atoms with van der Waals surface area (Å²) in [5, 5.41) is -0.391. The van der Waals surface area contributed by atoms with Gasteiger partial charge in [0.15, 0.2) is 5.82 Å². The zero-order chi connectivity index (χ0) is 28.1. The second-order valence-electron chi connectivity index (χ2n) is 8.17. The minimum atomic E-state index is -0.880. The van der Waals surface area contributed by atoms with Crippen LogP contribution in [-0.2, 0) is 11.3 Å². The maximum absolute atomic E-state index is 14.9. The summed E-state index contributed by atoms with van der Waals surface area (Å²) < 4.78 is 19.9. The van der Waals surface area contributed by atoms with Crippen molar-refractivity contribution in [3.63, 3.8) is 0 Å². The lowest BCUT2D eigenvalue weighted by Crippen LogP contribution is -2.33. The Kier molecular flexibility index (Phi) is 8.97. The Morgan fingerprint density at radius 2 is 1.74 bits per heavy atom. The fraction of sp³-hybridized carbons (Fsp3) is 0.200. The summed E-state index contributed by atoms with van der Waals surface area (Å²) in [6.45, 7) is -0.425. The van der Waals surface area contributed by atoms with Crippen LogP contribution in [0, 0.1) is 5.82 Å². The van der Waals surface area contributed by atoms with Gasteiger partial charge in [0.1, 0.15) is 5.82 Å². The van der Waals surface area contributed by atoms with Crippen LogP contribution in [0.2, 0.25) is 10.0 Å². The van der Waals surface area contributed by atoms with E-state index in [1.165, 1.54) is 68.7 Å². The second kappa shape index (κ2) is 12.0. The average Bonchev–Trinajstić information content (AvgIpc) is 2.90. The Bertz CT molecular complexity index is 1430. The Hall–Kier alpha value is -4.09. The molecule has 0 atom stereocenters. The third-order valence-electron chi connectivity index (χ3n) is 5.31. The van der Waals surface area contributed by atoms with Crippen LogP contribution in [-0.4, -0.2) is 59.6 Å². The number of Topliss-reactive ketones (excluding diaryl/α,β-unsaturated/α-hetero) is 1. The highest BCUT2D eigenvalue weighted by Crippen LogP contribution is 2.30. The van der Waals surface area contributed by atoms with Crippen LogP contribution in [0.25, 0.3) is 0 Å². The highest BCUT2D eigenvalue weighted by Gasteiger charge is 2.26. The molecule has 0 saturated carbocycles. The number of carbonyl (C=O) groups excluding carboxylic acids is 4. The molecule has 2 aromatic carbocycles. The van der Waals surface area contributed by atoms with Gasteiger partial charge in [-0.15, -0.1) is 0 Å². The molecule has 0 aliphatic rings. The molecule has 0 fully saturated rings. The van der Waals surface area contributed by atoms with Crippen LogP contribution < -0.4 is 15.4 Å². The molecule has 3 amide bonds. The summed E-state index contributed by atoms with van der Waals surface area (Å²) in [6.07, 6.45) is 0.565. The predicted octanol–water partition coefficient (Wildman–Crippen LogP) is 3.54. The smallest absolute Gasteiger partial charge is 0.253 e. The molecule has 0 unspecified atom stereocenters. The molecule has 38 heavy (non-hydrogen) atoms. The number of carbonyl (C=O) groups is 4. The number of nitrogens with two attached hydrogens (primary N) is 1. The van der Waals surface area contributed by atoms with E-state index in [4.69, 9.17) is 33.7 Å². The number of amides is 3. The Labute approximate surface area is 227 Å². The van der Waals surface area contributed by atoms with Crippen molar-refractivity contribution in [2.75, 3.05) is 26.1 Å². The number of benzene rings is 2.